The van der Waals surface area contributed by atoms with E-state index in [1.807, 2.05) is 18.2 Å². The molecule has 0 fully saturated rings. The number of aryl methyl sites for hydroxylation is 1. The van der Waals surface area contributed by atoms with E-state index in [0.29, 0.717) is 21.7 Å². The number of fused-ring (bicyclic) bond motifs is 1. The molecular formula is C22H18N3O2S+. The van der Waals surface area contributed by atoms with Gasteiger partial charge in [0.15, 0.2) is 18.2 Å². The SMILES string of the molecule is N#Cc1c(NC(=O)C[n+]2ccc(C(=O)c3ccccc3)cc2)sc2c1CCC2. The summed E-state index contributed by atoms with van der Waals surface area (Å²) < 4.78 is 1.71. The average Bonchev–Trinajstić information content (AvgIpc) is 3.29. The van der Waals surface area contributed by atoms with Crippen molar-refractivity contribution < 1.29 is 14.2 Å². The second kappa shape index (κ2) is 7.75. The Balaban J connectivity index is 1.43. The third-order valence-electron chi connectivity index (χ3n) is 4.80. The van der Waals surface area contributed by atoms with Crippen molar-refractivity contribution in [3.63, 3.8) is 0 Å². The first-order valence-corrected chi connectivity index (χ1v) is 9.90. The van der Waals surface area contributed by atoms with Gasteiger partial charge in [-0.3, -0.25) is 9.59 Å². The highest BCUT2D eigenvalue weighted by Gasteiger charge is 2.23. The predicted molar refractivity (Wildman–Crippen MR) is 106 cm³/mol. The monoisotopic (exact) mass is 388 g/mol. The molecule has 2 heterocycles. The van der Waals surface area contributed by atoms with Crippen molar-refractivity contribution >= 4 is 28.0 Å². The molecule has 1 amide bonds. The molecule has 1 aliphatic rings. The van der Waals surface area contributed by atoms with E-state index in [4.69, 9.17) is 0 Å². The molecule has 4 rings (SSSR count). The number of amides is 1. The fourth-order valence-electron chi connectivity index (χ4n) is 3.41. The zero-order chi connectivity index (χ0) is 19.5. The molecule has 0 bridgehead atoms. The van der Waals surface area contributed by atoms with E-state index < -0.39 is 0 Å². The summed E-state index contributed by atoms with van der Waals surface area (Å²) in [6.45, 7) is 0.118. The van der Waals surface area contributed by atoms with Gasteiger partial charge in [-0.1, -0.05) is 30.3 Å². The van der Waals surface area contributed by atoms with Crippen LogP contribution in [0, 0.1) is 11.3 Å². The third-order valence-corrected chi connectivity index (χ3v) is 6.01. The Morgan fingerprint density at radius 1 is 1.07 bits per heavy atom. The van der Waals surface area contributed by atoms with Crippen molar-refractivity contribution in [1.29, 1.82) is 5.26 Å². The number of benzene rings is 1. The second-order valence-corrected chi connectivity index (χ2v) is 7.78. The number of hydrogen-bond acceptors (Lipinski definition) is 4. The van der Waals surface area contributed by atoms with E-state index >= 15 is 0 Å². The molecule has 0 saturated carbocycles. The van der Waals surface area contributed by atoms with Gasteiger partial charge in [-0.25, -0.2) is 0 Å². The van der Waals surface area contributed by atoms with Crippen LogP contribution in [0.5, 0.6) is 0 Å². The van der Waals surface area contributed by atoms with Gasteiger partial charge < -0.3 is 5.32 Å². The molecule has 1 aliphatic carbocycles. The fourth-order valence-corrected chi connectivity index (χ4v) is 4.67. The summed E-state index contributed by atoms with van der Waals surface area (Å²) in [4.78, 5) is 26.1. The number of nitriles is 1. The Kier molecular flexibility index (Phi) is 5.00. The molecule has 1 aromatic carbocycles. The zero-order valence-corrected chi connectivity index (χ0v) is 16.0. The van der Waals surface area contributed by atoms with Gasteiger partial charge in [0.1, 0.15) is 11.1 Å². The molecule has 0 atom stereocenters. The van der Waals surface area contributed by atoms with E-state index in [1.165, 1.54) is 16.2 Å². The molecule has 5 nitrogen and oxygen atoms in total. The van der Waals surface area contributed by atoms with Crippen LogP contribution < -0.4 is 9.88 Å². The van der Waals surface area contributed by atoms with Crippen LogP contribution in [0.15, 0.2) is 54.9 Å². The van der Waals surface area contributed by atoms with E-state index in [9.17, 15) is 14.9 Å². The number of aromatic nitrogens is 1. The van der Waals surface area contributed by atoms with Gasteiger partial charge in [0.05, 0.1) is 5.56 Å². The topological polar surface area (TPSA) is 73.8 Å². The molecule has 0 unspecified atom stereocenters. The number of carbonyl (C=O) groups excluding carboxylic acids is 2. The summed E-state index contributed by atoms with van der Waals surface area (Å²) in [5.41, 5.74) is 2.91. The third kappa shape index (κ3) is 3.57. The molecular weight excluding hydrogens is 370 g/mol. The minimum atomic E-state index is -0.191. The molecule has 0 radical (unpaired) electrons. The van der Waals surface area contributed by atoms with Crippen molar-refractivity contribution in [3.8, 4) is 6.07 Å². The number of anilines is 1. The Labute approximate surface area is 166 Å². The number of nitrogens with zero attached hydrogens (tertiary/aromatic N) is 2. The van der Waals surface area contributed by atoms with Crippen LogP contribution in [-0.2, 0) is 24.2 Å². The first-order valence-electron chi connectivity index (χ1n) is 9.09. The summed E-state index contributed by atoms with van der Waals surface area (Å²) >= 11 is 1.51. The van der Waals surface area contributed by atoms with Gasteiger partial charge >= 0.3 is 0 Å². The van der Waals surface area contributed by atoms with Crippen molar-refractivity contribution in [1.82, 2.24) is 0 Å². The Bertz CT molecular complexity index is 1080. The first-order chi connectivity index (χ1) is 13.7. The predicted octanol–water partition coefficient (Wildman–Crippen LogP) is 3.27. The minimum absolute atomic E-state index is 0.0519. The summed E-state index contributed by atoms with van der Waals surface area (Å²) in [5.74, 6) is -0.243. The van der Waals surface area contributed by atoms with Crippen LogP contribution in [-0.4, -0.2) is 11.7 Å². The molecule has 6 heteroatoms. The number of nitrogens with one attached hydrogen (secondary N) is 1. The summed E-state index contributed by atoms with van der Waals surface area (Å²) in [6, 6.07) is 14.7. The number of hydrogen-bond donors (Lipinski definition) is 1. The number of pyridine rings is 1. The highest BCUT2D eigenvalue weighted by atomic mass is 32.1. The van der Waals surface area contributed by atoms with Crippen LogP contribution >= 0.6 is 11.3 Å². The quantitative estimate of drug-likeness (QED) is 0.538. The van der Waals surface area contributed by atoms with Gasteiger partial charge in [-0.15, -0.1) is 11.3 Å². The lowest BCUT2D eigenvalue weighted by atomic mass is 10.0. The first kappa shape index (κ1) is 18.1. The largest absolute Gasteiger partial charge is 0.311 e. The van der Waals surface area contributed by atoms with Crippen LogP contribution in [0.2, 0.25) is 0 Å². The fraction of sp³-hybridized carbons (Fsp3) is 0.182. The normalized spacial score (nSPS) is 12.2. The van der Waals surface area contributed by atoms with Gasteiger partial charge in [0.2, 0.25) is 6.54 Å². The van der Waals surface area contributed by atoms with E-state index in [-0.39, 0.29) is 18.2 Å². The Morgan fingerprint density at radius 3 is 2.50 bits per heavy atom. The number of thiophene rings is 1. The Morgan fingerprint density at radius 2 is 1.79 bits per heavy atom. The highest BCUT2D eigenvalue weighted by molar-refractivity contribution is 7.16. The lowest BCUT2D eigenvalue weighted by molar-refractivity contribution is -0.684. The second-order valence-electron chi connectivity index (χ2n) is 6.68. The van der Waals surface area contributed by atoms with E-state index in [1.54, 1.807) is 41.2 Å². The standard InChI is InChI=1S/C22H17N3O2S/c23-13-18-17-7-4-8-19(17)28-22(18)24-20(26)14-25-11-9-16(10-12-25)21(27)15-5-2-1-3-6-15/h1-3,5-6,9-12H,4,7-8,14H2/p+1. The lowest BCUT2D eigenvalue weighted by Crippen LogP contribution is -2.39. The lowest BCUT2D eigenvalue weighted by Gasteiger charge is -2.03. The summed E-state index contributed by atoms with van der Waals surface area (Å²) in [7, 11) is 0. The number of ketones is 1. The maximum absolute atomic E-state index is 12.4. The zero-order valence-electron chi connectivity index (χ0n) is 15.1. The van der Waals surface area contributed by atoms with Gasteiger partial charge in [-0.05, 0) is 24.8 Å². The minimum Gasteiger partial charge on any atom is -0.311 e. The van der Waals surface area contributed by atoms with Gasteiger partial charge in [-0.2, -0.15) is 9.83 Å². The molecule has 0 saturated heterocycles. The van der Waals surface area contributed by atoms with Gasteiger partial charge in [0.25, 0.3) is 5.91 Å². The molecule has 3 aromatic rings. The van der Waals surface area contributed by atoms with E-state index in [2.05, 4.69) is 11.4 Å². The van der Waals surface area contributed by atoms with Crippen LogP contribution in [0.4, 0.5) is 5.00 Å². The molecule has 1 N–H and O–H groups in total. The van der Waals surface area contributed by atoms with Crippen LogP contribution in [0.25, 0.3) is 0 Å². The molecule has 2 aromatic heterocycles. The van der Waals surface area contributed by atoms with Crippen LogP contribution in [0.3, 0.4) is 0 Å². The van der Waals surface area contributed by atoms with E-state index in [0.717, 1.165) is 24.8 Å². The smallest absolute Gasteiger partial charge is 0.290 e. The highest BCUT2D eigenvalue weighted by Crippen LogP contribution is 2.38. The van der Waals surface area contributed by atoms with Crippen LogP contribution in [0.1, 0.15) is 38.3 Å². The van der Waals surface area contributed by atoms with Crippen molar-refractivity contribution in [2.45, 2.75) is 25.8 Å². The molecule has 138 valence electrons. The summed E-state index contributed by atoms with van der Waals surface area (Å²) in [6.07, 6.45) is 6.41. The summed E-state index contributed by atoms with van der Waals surface area (Å²) in [5, 5.41) is 12.9. The van der Waals surface area contributed by atoms with Crippen molar-refractivity contribution in [2.75, 3.05) is 5.32 Å². The number of carbonyl (C=O) groups is 2. The maximum Gasteiger partial charge on any atom is 0.290 e. The van der Waals surface area contributed by atoms with Gasteiger partial charge in [0, 0.05) is 28.1 Å². The Hall–Kier alpha value is -3.30. The molecule has 28 heavy (non-hydrogen) atoms. The van der Waals surface area contributed by atoms with Crippen molar-refractivity contribution in [2.24, 2.45) is 0 Å². The molecule has 0 spiro atoms. The average molecular weight is 388 g/mol. The number of rotatable bonds is 5. The molecule has 0 aliphatic heterocycles. The van der Waals surface area contributed by atoms with Crippen molar-refractivity contribution in [3.05, 3.63) is 82.0 Å². The maximum atomic E-state index is 12.4.